The van der Waals surface area contributed by atoms with Crippen molar-refractivity contribution in [1.82, 2.24) is 15.1 Å². The van der Waals surface area contributed by atoms with Crippen LogP contribution in [0.2, 0.25) is 0 Å². The minimum absolute atomic E-state index is 0.179. The van der Waals surface area contributed by atoms with Gasteiger partial charge in [0.1, 0.15) is 0 Å². The molecule has 8 heteroatoms. The van der Waals surface area contributed by atoms with E-state index in [0.29, 0.717) is 28.2 Å². The van der Waals surface area contributed by atoms with Crippen molar-refractivity contribution in [2.45, 2.75) is 30.9 Å². The number of carbonyl (C=O) groups is 1. The van der Waals surface area contributed by atoms with Crippen molar-refractivity contribution in [3.05, 3.63) is 65.3 Å². The third-order valence-electron chi connectivity index (χ3n) is 4.14. The predicted molar refractivity (Wildman–Crippen MR) is 112 cm³/mol. The zero-order valence-corrected chi connectivity index (χ0v) is 17.1. The molecular weight excluding hydrogens is 392 g/mol. The van der Waals surface area contributed by atoms with Gasteiger partial charge in [0.05, 0.1) is 21.5 Å². The Morgan fingerprint density at radius 3 is 2.86 bits per heavy atom. The zero-order chi connectivity index (χ0) is 19.5. The molecule has 0 atom stereocenters. The molecule has 0 aliphatic rings. The van der Waals surface area contributed by atoms with Gasteiger partial charge in [-0.05, 0) is 36.2 Å². The number of hydrogen-bond acceptors (Lipinski definition) is 7. The van der Waals surface area contributed by atoms with E-state index in [1.54, 1.807) is 6.92 Å². The number of thiazole rings is 1. The third-order valence-corrected chi connectivity index (χ3v) is 6.14. The van der Waals surface area contributed by atoms with E-state index in [0.717, 1.165) is 21.5 Å². The maximum Gasteiger partial charge on any atom is 0.258 e. The number of rotatable bonds is 6. The van der Waals surface area contributed by atoms with Gasteiger partial charge in [-0.25, -0.2) is 4.98 Å². The van der Waals surface area contributed by atoms with E-state index in [4.69, 9.17) is 4.52 Å². The summed E-state index contributed by atoms with van der Waals surface area (Å²) in [5.41, 5.74) is 2.75. The van der Waals surface area contributed by atoms with Gasteiger partial charge < -0.3 is 4.52 Å². The molecule has 28 heavy (non-hydrogen) atoms. The van der Waals surface area contributed by atoms with Gasteiger partial charge in [-0.2, -0.15) is 4.98 Å². The van der Waals surface area contributed by atoms with Crippen molar-refractivity contribution >= 4 is 44.4 Å². The molecule has 1 amide bonds. The van der Waals surface area contributed by atoms with E-state index in [1.165, 1.54) is 28.7 Å². The predicted octanol–water partition coefficient (Wildman–Crippen LogP) is 5.09. The first-order chi connectivity index (χ1) is 13.6. The van der Waals surface area contributed by atoms with Gasteiger partial charge in [0.15, 0.2) is 11.0 Å². The standard InChI is InChI=1S/C20H18N4O2S2/c1-3-13-8-9-15-17(10-13)28-20(22-15)23-19(25)14-6-4-5-7-16(14)27-11-18-21-12(2)26-24-18/h4-10H,3,11H2,1-2H3,(H,22,23,25). The average molecular weight is 411 g/mol. The molecule has 0 fully saturated rings. The van der Waals surface area contributed by atoms with Crippen molar-refractivity contribution in [2.24, 2.45) is 0 Å². The fraction of sp³-hybridized carbons (Fsp3) is 0.200. The number of fused-ring (bicyclic) bond motifs is 1. The summed E-state index contributed by atoms with van der Waals surface area (Å²) in [6.45, 7) is 3.87. The second kappa shape index (κ2) is 8.12. The molecule has 0 bridgehead atoms. The lowest BCUT2D eigenvalue weighted by molar-refractivity contribution is 0.102. The summed E-state index contributed by atoms with van der Waals surface area (Å²) in [4.78, 5) is 22.4. The minimum atomic E-state index is -0.179. The van der Waals surface area contributed by atoms with Crippen LogP contribution in [0, 0.1) is 6.92 Å². The number of benzene rings is 2. The average Bonchev–Trinajstić information content (AvgIpc) is 3.31. The molecule has 0 aliphatic carbocycles. The molecule has 4 rings (SSSR count). The van der Waals surface area contributed by atoms with Crippen LogP contribution in [0.15, 0.2) is 51.9 Å². The normalized spacial score (nSPS) is 11.1. The third kappa shape index (κ3) is 4.07. The smallest absolute Gasteiger partial charge is 0.258 e. The van der Waals surface area contributed by atoms with Gasteiger partial charge in [-0.15, -0.1) is 11.8 Å². The van der Waals surface area contributed by atoms with Crippen molar-refractivity contribution in [1.29, 1.82) is 0 Å². The zero-order valence-electron chi connectivity index (χ0n) is 15.4. The topological polar surface area (TPSA) is 80.9 Å². The van der Waals surface area contributed by atoms with Crippen LogP contribution >= 0.6 is 23.1 Å². The largest absolute Gasteiger partial charge is 0.340 e. The van der Waals surface area contributed by atoms with E-state index in [2.05, 4.69) is 39.5 Å². The fourth-order valence-corrected chi connectivity index (χ4v) is 4.55. The van der Waals surface area contributed by atoms with Crippen LogP contribution in [0.25, 0.3) is 10.2 Å². The summed E-state index contributed by atoms with van der Waals surface area (Å²) in [5.74, 6) is 1.49. The second-order valence-corrected chi connectivity index (χ2v) is 8.19. The highest BCUT2D eigenvalue weighted by Crippen LogP contribution is 2.29. The second-order valence-electron chi connectivity index (χ2n) is 6.14. The van der Waals surface area contributed by atoms with Crippen LogP contribution in [0.3, 0.4) is 0 Å². The highest BCUT2D eigenvalue weighted by Gasteiger charge is 2.15. The van der Waals surface area contributed by atoms with E-state index >= 15 is 0 Å². The maximum absolute atomic E-state index is 12.8. The summed E-state index contributed by atoms with van der Waals surface area (Å²) in [6.07, 6.45) is 0.972. The van der Waals surface area contributed by atoms with Gasteiger partial charge in [-0.3, -0.25) is 10.1 Å². The Kier molecular flexibility index (Phi) is 5.40. The quantitative estimate of drug-likeness (QED) is 0.446. The molecule has 4 aromatic rings. The number of hydrogen-bond donors (Lipinski definition) is 1. The molecule has 142 valence electrons. The Hall–Kier alpha value is -2.71. The number of aryl methyl sites for hydroxylation is 2. The monoisotopic (exact) mass is 410 g/mol. The highest BCUT2D eigenvalue weighted by molar-refractivity contribution is 7.98. The number of amides is 1. The first kappa shape index (κ1) is 18.6. The molecule has 0 aliphatic heterocycles. The van der Waals surface area contributed by atoms with Crippen LogP contribution in [0.5, 0.6) is 0 Å². The minimum Gasteiger partial charge on any atom is -0.340 e. The SMILES string of the molecule is CCc1ccc2nc(NC(=O)c3ccccc3SCc3noc(C)n3)sc2c1. The number of carbonyl (C=O) groups excluding carboxylic acids is 1. The lowest BCUT2D eigenvalue weighted by Crippen LogP contribution is -2.12. The summed E-state index contributed by atoms with van der Waals surface area (Å²) in [7, 11) is 0. The van der Waals surface area contributed by atoms with Gasteiger partial charge in [0, 0.05) is 11.8 Å². The summed E-state index contributed by atoms with van der Waals surface area (Å²) >= 11 is 2.99. The number of thioether (sulfide) groups is 1. The number of aromatic nitrogens is 3. The van der Waals surface area contributed by atoms with E-state index in [9.17, 15) is 4.79 Å². The van der Waals surface area contributed by atoms with E-state index in [1.807, 2.05) is 30.3 Å². The molecule has 0 radical (unpaired) electrons. The van der Waals surface area contributed by atoms with Crippen LogP contribution < -0.4 is 5.32 Å². The molecule has 0 saturated carbocycles. The van der Waals surface area contributed by atoms with Crippen LogP contribution in [-0.4, -0.2) is 21.0 Å². The summed E-state index contributed by atoms with van der Waals surface area (Å²) < 4.78 is 6.07. The highest BCUT2D eigenvalue weighted by atomic mass is 32.2. The fourth-order valence-electron chi connectivity index (χ4n) is 2.73. The van der Waals surface area contributed by atoms with E-state index < -0.39 is 0 Å². The molecule has 2 aromatic heterocycles. The lowest BCUT2D eigenvalue weighted by Gasteiger charge is -2.07. The molecule has 0 unspecified atom stereocenters. The Bertz CT molecular complexity index is 1140. The van der Waals surface area contributed by atoms with Crippen molar-refractivity contribution in [2.75, 3.05) is 5.32 Å². The Morgan fingerprint density at radius 1 is 1.21 bits per heavy atom. The van der Waals surface area contributed by atoms with Crippen LogP contribution in [0.4, 0.5) is 5.13 Å². The summed E-state index contributed by atoms with van der Waals surface area (Å²) in [6, 6.07) is 13.7. The van der Waals surface area contributed by atoms with Crippen LogP contribution in [-0.2, 0) is 12.2 Å². The van der Waals surface area contributed by atoms with Crippen molar-refractivity contribution in [3.63, 3.8) is 0 Å². The first-order valence-corrected chi connectivity index (χ1v) is 10.6. The van der Waals surface area contributed by atoms with Gasteiger partial charge >= 0.3 is 0 Å². The van der Waals surface area contributed by atoms with Crippen molar-refractivity contribution in [3.8, 4) is 0 Å². The lowest BCUT2D eigenvalue weighted by atomic mass is 10.2. The van der Waals surface area contributed by atoms with Crippen molar-refractivity contribution < 1.29 is 9.32 Å². The molecule has 0 saturated heterocycles. The van der Waals surface area contributed by atoms with E-state index in [-0.39, 0.29) is 5.91 Å². The van der Waals surface area contributed by atoms with Gasteiger partial charge in [0.2, 0.25) is 5.89 Å². The maximum atomic E-state index is 12.8. The van der Waals surface area contributed by atoms with Gasteiger partial charge in [0.25, 0.3) is 5.91 Å². The Balaban J connectivity index is 1.51. The first-order valence-electron chi connectivity index (χ1n) is 8.84. The summed E-state index contributed by atoms with van der Waals surface area (Å²) in [5, 5.41) is 7.43. The number of nitrogens with one attached hydrogen (secondary N) is 1. The Labute approximate surface area is 170 Å². The van der Waals surface area contributed by atoms with Gasteiger partial charge in [-0.1, -0.05) is 41.6 Å². The van der Waals surface area contributed by atoms with Crippen LogP contribution in [0.1, 0.15) is 34.6 Å². The molecule has 2 heterocycles. The Morgan fingerprint density at radius 2 is 2.07 bits per heavy atom. The molecule has 0 spiro atoms. The molecule has 6 nitrogen and oxygen atoms in total. The number of anilines is 1. The number of nitrogens with zero attached hydrogens (tertiary/aromatic N) is 3. The molecular formula is C20H18N4O2S2. The molecule has 1 N–H and O–H groups in total. The molecule has 2 aromatic carbocycles.